The highest BCUT2D eigenvalue weighted by molar-refractivity contribution is 5.98. The van der Waals surface area contributed by atoms with Crippen LogP contribution in [0.15, 0.2) is 78.9 Å². The third-order valence-corrected chi connectivity index (χ3v) is 7.28. The third-order valence-electron chi connectivity index (χ3n) is 7.28. The summed E-state index contributed by atoms with van der Waals surface area (Å²) in [6.07, 6.45) is -0.538. The van der Waals surface area contributed by atoms with Crippen molar-refractivity contribution in [3.63, 3.8) is 0 Å². The molecule has 0 radical (unpaired) electrons. The average Bonchev–Trinajstić information content (AvgIpc) is 3.79. The van der Waals surface area contributed by atoms with Gasteiger partial charge in [0.05, 0.1) is 19.8 Å². The summed E-state index contributed by atoms with van der Waals surface area (Å²) in [5.41, 5.74) is 1.22. The fraction of sp³-hybridized carbons (Fsp3) is 0.333. The van der Waals surface area contributed by atoms with Crippen molar-refractivity contribution in [1.29, 1.82) is 0 Å². The number of aromatic hydroxyl groups is 1. The maximum atomic E-state index is 13.7. The molecule has 0 bridgehead atoms. The summed E-state index contributed by atoms with van der Waals surface area (Å²) in [5.74, 6) is -0.803. The number of carbonyl (C=O) groups excluding carboxylic acids is 4. The Kier molecular flexibility index (Phi) is 10.6. The van der Waals surface area contributed by atoms with Crippen LogP contribution in [-0.4, -0.2) is 66.2 Å². The Hall–Kier alpha value is -4.90. The first kappa shape index (κ1) is 32.0. The van der Waals surface area contributed by atoms with Crippen molar-refractivity contribution < 1.29 is 38.5 Å². The first-order chi connectivity index (χ1) is 21.1. The molecule has 1 fully saturated rings. The Balaban J connectivity index is 1.46. The highest BCUT2D eigenvalue weighted by Crippen LogP contribution is 2.29. The van der Waals surface area contributed by atoms with E-state index in [-0.39, 0.29) is 37.6 Å². The maximum absolute atomic E-state index is 13.7. The van der Waals surface area contributed by atoms with Crippen molar-refractivity contribution in [2.45, 2.75) is 57.0 Å². The second-order valence-electron chi connectivity index (χ2n) is 10.9. The summed E-state index contributed by atoms with van der Waals surface area (Å²) in [6, 6.07) is 19.4. The van der Waals surface area contributed by atoms with Gasteiger partial charge in [0.25, 0.3) is 0 Å². The molecule has 0 saturated carbocycles. The molecule has 4 atom stereocenters. The molecule has 1 saturated heterocycles. The van der Waals surface area contributed by atoms with Gasteiger partial charge in [-0.3, -0.25) is 14.4 Å². The number of phenolic OH excluding ortho intramolecular Hbond substituents is 1. The van der Waals surface area contributed by atoms with Gasteiger partial charge in [-0.05, 0) is 61.2 Å². The fourth-order valence-corrected chi connectivity index (χ4v) is 4.48. The van der Waals surface area contributed by atoms with Crippen molar-refractivity contribution in [2.75, 3.05) is 13.7 Å². The van der Waals surface area contributed by atoms with E-state index in [1.165, 1.54) is 19.1 Å². The molecule has 232 valence electrons. The number of Topliss-reactive ketones (excluding diaryl/α,β-unsaturated/α-hetero) is 1. The molecule has 11 heteroatoms. The zero-order valence-electron chi connectivity index (χ0n) is 24.9. The molecule has 1 aliphatic heterocycles. The van der Waals surface area contributed by atoms with E-state index in [2.05, 4.69) is 16.0 Å². The second kappa shape index (κ2) is 14.5. The molecule has 1 unspecified atom stereocenters. The molecule has 4 N–H and O–H groups in total. The molecule has 1 aliphatic rings. The standard InChI is InChI=1S/C33H37N3O8/c1-21(34-32(41)43-19-24-7-5-4-6-8-24)30(39)36-28(18-23-11-15-26(42-3)16-12-23)31(40)35-27(29(38)33(2)20-44-33)17-22-9-13-25(37)14-10-22/h4-16,21,27-28,37H,17-20H2,1-3H3,(H,34,41)(H,35,40)(H,36,39)/t21?,27-,28-,33+/m0/s1. The van der Waals surface area contributed by atoms with Crippen molar-refractivity contribution in [3.05, 3.63) is 95.6 Å². The van der Waals surface area contributed by atoms with Crippen LogP contribution in [0.5, 0.6) is 11.5 Å². The third kappa shape index (κ3) is 9.05. The smallest absolute Gasteiger partial charge is 0.408 e. The lowest BCUT2D eigenvalue weighted by Crippen LogP contribution is -2.57. The zero-order valence-corrected chi connectivity index (χ0v) is 24.9. The van der Waals surface area contributed by atoms with Gasteiger partial charge >= 0.3 is 6.09 Å². The second-order valence-corrected chi connectivity index (χ2v) is 10.9. The molecule has 0 spiro atoms. The quantitative estimate of drug-likeness (QED) is 0.205. The molecular weight excluding hydrogens is 566 g/mol. The fourth-order valence-electron chi connectivity index (χ4n) is 4.48. The van der Waals surface area contributed by atoms with Crippen LogP contribution in [0.1, 0.15) is 30.5 Å². The number of benzene rings is 3. The van der Waals surface area contributed by atoms with Gasteiger partial charge in [-0.15, -0.1) is 0 Å². The number of hydrogen-bond acceptors (Lipinski definition) is 8. The van der Waals surface area contributed by atoms with Crippen molar-refractivity contribution in [1.82, 2.24) is 16.0 Å². The van der Waals surface area contributed by atoms with Gasteiger partial charge in [0, 0.05) is 6.42 Å². The Morgan fingerprint density at radius 1 is 0.818 bits per heavy atom. The van der Waals surface area contributed by atoms with Crippen LogP contribution in [0.2, 0.25) is 0 Å². The highest BCUT2D eigenvalue weighted by atomic mass is 16.6. The number of hydrogen-bond donors (Lipinski definition) is 4. The zero-order chi connectivity index (χ0) is 31.7. The van der Waals surface area contributed by atoms with E-state index in [1.807, 2.05) is 18.2 Å². The van der Waals surface area contributed by atoms with E-state index in [9.17, 15) is 24.3 Å². The number of phenols is 1. The number of ketones is 1. The SMILES string of the molecule is COc1ccc(C[C@H](NC(=O)C(C)NC(=O)OCc2ccccc2)C(=O)N[C@@H](Cc2ccc(O)cc2)C(=O)[C@@]2(C)CO2)cc1. The minimum absolute atomic E-state index is 0.0304. The Morgan fingerprint density at radius 3 is 1.98 bits per heavy atom. The number of epoxide rings is 1. The molecule has 4 rings (SSSR count). The van der Waals surface area contributed by atoms with E-state index in [4.69, 9.17) is 14.2 Å². The summed E-state index contributed by atoms with van der Waals surface area (Å²) in [4.78, 5) is 52.6. The molecule has 3 aromatic carbocycles. The van der Waals surface area contributed by atoms with E-state index in [0.717, 1.165) is 11.1 Å². The number of alkyl carbamates (subject to hydrolysis) is 1. The normalized spacial score (nSPS) is 17.3. The van der Waals surface area contributed by atoms with Crippen molar-refractivity contribution >= 4 is 23.7 Å². The molecule has 0 aliphatic carbocycles. The summed E-state index contributed by atoms with van der Waals surface area (Å²) in [6.45, 7) is 3.40. The number of rotatable bonds is 14. The van der Waals surface area contributed by atoms with Crippen LogP contribution in [0, 0.1) is 0 Å². The molecule has 3 aromatic rings. The molecule has 44 heavy (non-hydrogen) atoms. The largest absolute Gasteiger partial charge is 0.508 e. The maximum Gasteiger partial charge on any atom is 0.408 e. The first-order valence-corrected chi connectivity index (χ1v) is 14.2. The van der Waals surface area contributed by atoms with E-state index >= 15 is 0 Å². The van der Waals surface area contributed by atoms with Crippen LogP contribution in [0.4, 0.5) is 4.79 Å². The number of nitrogens with one attached hydrogen (secondary N) is 3. The molecule has 11 nitrogen and oxygen atoms in total. The highest BCUT2D eigenvalue weighted by Gasteiger charge is 2.50. The molecule has 1 heterocycles. The predicted octanol–water partition coefficient (Wildman–Crippen LogP) is 2.83. The van der Waals surface area contributed by atoms with Crippen LogP contribution < -0.4 is 20.7 Å². The summed E-state index contributed by atoms with van der Waals surface area (Å²) in [5, 5.41) is 17.7. The topological polar surface area (TPSA) is 156 Å². The lowest BCUT2D eigenvalue weighted by Gasteiger charge is -2.25. The minimum atomic E-state index is -1.09. The van der Waals surface area contributed by atoms with E-state index in [1.54, 1.807) is 62.6 Å². The molecule has 3 amide bonds. The van der Waals surface area contributed by atoms with Gasteiger partial charge < -0.3 is 35.3 Å². The van der Waals surface area contributed by atoms with Crippen LogP contribution in [-0.2, 0) is 43.3 Å². The lowest BCUT2D eigenvalue weighted by molar-refractivity contribution is -0.133. The monoisotopic (exact) mass is 603 g/mol. The predicted molar refractivity (Wildman–Crippen MR) is 161 cm³/mol. The van der Waals surface area contributed by atoms with Crippen LogP contribution in [0.3, 0.4) is 0 Å². The lowest BCUT2D eigenvalue weighted by atomic mass is 9.94. The van der Waals surface area contributed by atoms with Gasteiger partial charge in [-0.1, -0.05) is 54.6 Å². The Bertz CT molecular complexity index is 1440. The number of ether oxygens (including phenoxy) is 3. The molecule has 0 aromatic heterocycles. The van der Waals surface area contributed by atoms with Gasteiger partial charge in [0.2, 0.25) is 11.8 Å². The van der Waals surface area contributed by atoms with Crippen molar-refractivity contribution in [3.8, 4) is 11.5 Å². The molecular formula is C33H37N3O8. The van der Waals surface area contributed by atoms with Gasteiger partial charge in [0.15, 0.2) is 5.78 Å². The average molecular weight is 604 g/mol. The van der Waals surface area contributed by atoms with Crippen LogP contribution >= 0.6 is 0 Å². The minimum Gasteiger partial charge on any atom is -0.508 e. The van der Waals surface area contributed by atoms with Gasteiger partial charge in [0.1, 0.15) is 35.8 Å². The first-order valence-electron chi connectivity index (χ1n) is 14.2. The van der Waals surface area contributed by atoms with Crippen LogP contribution in [0.25, 0.3) is 0 Å². The summed E-state index contributed by atoms with van der Waals surface area (Å²) in [7, 11) is 1.54. The van der Waals surface area contributed by atoms with Gasteiger partial charge in [-0.25, -0.2) is 4.79 Å². The number of carbonyl (C=O) groups is 4. The van der Waals surface area contributed by atoms with Crippen molar-refractivity contribution in [2.24, 2.45) is 0 Å². The number of methoxy groups -OCH3 is 1. The van der Waals surface area contributed by atoms with E-state index < -0.39 is 41.6 Å². The van der Waals surface area contributed by atoms with E-state index in [0.29, 0.717) is 11.3 Å². The Labute approximate surface area is 255 Å². The van der Waals surface area contributed by atoms with Gasteiger partial charge in [-0.2, -0.15) is 0 Å². The summed E-state index contributed by atoms with van der Waals surface area (Å²) >= 11 is 0. The number of amides is 3. The summed E-state index contributed by atoms with van der Waals surface area (Å²) < 4.78 is 15.8. The Morgan fingerprint density at radius 2 is 1.39 bits per heavy atom.